The van der Waals surface area contributed by atoms with Crippen LogP contribution in [-0.4, -0.2) is 47.9 Å². The molecule has 0 radical (unpaired) electrons. The summed E-state index contributed by atoms with van der Waals surface area (Å²) in [5.74, 6) is 0.114. The van der Waals surface area contributed by atoms with E-state index < -0.39 is 24.1 Å². The van der Waals surface area contributed by atoms with Crippen molar-refractivity contribution in [3.63, 3.8) is 0 Å². The van der Waals surface area contributed by atoms with Crippen LogP contribution in [0.25, 0.3) is 11.3 Å². The maximum Gasteiger partial charge on any atom is 0.416 e. The highest BCUT2D eigenvalue weighted by Crippen LogP contribution is 2.41. The van der Waals surface area contributed by atoms with Crippen LogP contribution < -0.4 is 10.1 Å². The first-order chi connectivity index (χ1) is 14.7. The Bertz CT molecular complexity index is 950. The molecule has 0 spiro atoms. The molecule has 0 bridgehead atoms. The summed E-state index contributed by atoms with van der Waals surface area (Å²) in [6.45, 7) is -1.34. The van der Waals surface area contributed by atoms with Crippen LogP contribution >= 0.6 is 0 Å². The van der Waals surface area contributed by atoms with Gasteiger partial charge in [0, 0.05) is 23.7 Å². The van der Waals surface area contributed by atoms with Crippen molar-refractivity contribution in [2.24, 2.45) is 0 Å². The zero-order valence-corrected chi connectivity index (χ0v) is 17.0. The summed E-state index contributed by atoms with van der Waals surface area (Å²) in [5, 5.41) is 12.0. The van der Waals surface area contributed by atoms with Crippen LogP contribution in [0, 0.1) is 0 Å². The SMILES string of the molecule is CN1CCC[C@@H](Nc2nnc(-c3ccc(C(F)(F)F)cc3OC(F)F)c3c2CCC3)C1. The number of nitrogens with zero attached hydrogens (tertiary/aromatic N) is 3. The first-order valence-corrected chi connectivity index (χ1v) is 10.2. The first kappa shape index (κ1) is 21.7. The molecule has 1 fully saturated rings. The summed E-state index contributed by atoms with van der Waals surface area (Å²) in [5.41, 5.74) is 1.09. The molecule has 1 saturated heterocycles. The van der Waals surface area contributed by atoms with Gasteiger partial charge in [-0.25, -0.2) is 0 Å². The molecule has 4 rings (SSSR count). The van der Waals surface area contributed by atoms with E-state index in [0.717, 1.165) is 62.0 Å². The summed E-state index contributed by atoms with van der Waals surface area (Å²) in [6, 6.07) is 2.80. The summed E-state index contributed by atoms with van der Waals surface area (Å²) < 4.78 is 69.5. The molecule has 1 aromatic heterocycles. The van der Waals surface area contributed by atoms with Crippen molar-refractivity contribution in [3.8, 4) is 17.0 Å². The molecular formula is C21H23F5N4O. The van der Waals surface area contributed by atoms with Gasteiger partial charge in [-0.15, -0.1) is 10.2 Å². The molecule has 2 aromatic rings. The maximum absolute atomic E-state index is 13.1. The molecule has 10 heteroatoms. The third-order valence-electron chi connectivity index (χ3n) is 5.78. The van der Waals surface area contributed by atoms with Crippen LogP contribution in [0.15, 0.2) is 18.2 Å². The van der Waals surface area contributed by atoms with Crippen molar-refractivity contribution in [2.45, 2.75) is 50.9 Å². The molecule has 1 N–H and O–H groups in total. The second-order valence-electron chi connectivity index (χ2n) is 8.04. The average Bonchev–Trinajstić information content (AvgIpc) is 3.18. The Morgan fingerprint density at radius 2 is 1.90 bits per heavy atom. The Hall–Kier alpha value is -2.49. The average molecular weight is 442 g/mol. The number of piperidine rings is 1. The van der Waals surface area contributed by atoms with Crippen molar-refractivity contribution in [2.75, 3.05) is 25.5 Å². The van der Waals surface area contributed by atoms with E-state index in [0.29, 0.717) is 24.0 Å². The largest absolute Gasteiger partial charge is 0.434 e. The van der Waals surface area contributed by atoms with E-state index >= 15 is 0 Å². The van der Waals surface area contributed by atoms with E-state index in [1.54, 1.807) is 0 Å². The van der Waals surface area contributed by atoms with Gasteiger partial charge in [-0.1, -0.05) is 0 Å². The topological polar surface area (TPSA) is 50.3 Å². The quantitative estimate of drug-likeness (QED) is 0.677. The van der Waals surface area contributed by atoms with Crippen LogP contribution in [0.5, 0.6) is 5.75 Å². The predicted molar refractivity (Wildman–Crippen MR) is 105 cm³/mol. The lowest BCUT2D eigenvalue weighted by molar-refractivity contribution is -0.138. The van der Waals surface area contributed by atoms with Gasteiger partial charge in [-0.3, -0.25) is 0 Å². The minimum absolute atomic E-state index is 0.0860. The number of aromatic nitrogens is 2. The lowest BCUT2D eigenvalue weighted by Crippen LogP contribution is -2.40. The molecule has 1 aliphatic heterocycles. The fourth-order valence-corrected chi connectivity index (χ4v) is 4.38. The number of hydrogen-bond donors (Lipinski definition) is 1. The van der Waals surface area contributed by atoms with Crippen LogP contribution in [-0.2, 0) is 19.0 Å². The van der Waals surface area contributed by atoms with E-state index in [1.807, 2.05) is 0 Å². The minimum atomic E-state index is -4.67. The number of benzene rings is 1. The highest BCUT2D eigenvalue weighted by Gasteiger charge is 2.33. The fourth-order valence-electron chi connectivity index (χ4n) is 4.38. The van der Waals surface area contributed by atoms with Crippen LogP contribution in [0.1, 0.15) is 36.0 Å². The van der Waals surface area contributed by atoms with Gasteiger partial charge in [0.05, 0.1) is 5.56 Å². The number of likely N-dealkylation sites (tertiary alicyclic amines) is 1. The third kappa shape index (κ3) is 4.73. The predicted octanol–water partition coefficient (Wildman–Crippen LogP) is 4.76. The van der Waals surface area contributed by atoms with Gasteiger partial charge < -0.3 is 15.0 Å². The van der Waals surface area contributed by atoms with Crippen molar-refractivity contribution in [1.82, 2.24) is 15.1 Å². The molecule has 1 aromatic carbocycles. The van der Waals surface area contributed by atoms with E-state index in [1.165, 1.54) is 0 Å². The number of rotatable bonds is 5. The van der Waals surface area contributed by atoms with Gasteiger partial charge >= 0.3 is 12.8 Å². The lowest BCUT2D eigenvalue weighted by Gasteiger charge is -2.31. The molecule has 2 heterocycles. The lowest BCUT2D eigenvalue weighted by atomic mass is 10.0. The van der Waals surface area contributed by atoms with Crippen LogP contribution in [0.4, 0.5) is 27.8 Å². The van der Waals surface area contributed by atoms with Crippen LogP contribution in [0.2, 0.25) is 0 Å². The number of nitrogens with one attached hydrogen (secondary N) is 1. The van der Waals surface area contributed by atoms with E-state index in [4.69, 9.17) is 0 Å². The Labute approximate surface area is 176 Å². The number of halogens is 5. The van der Waals surface area contributed by atoms with E-state index in [-0.39, 0.29) is 11.6 Å². The van der Waals surface area contributed by atoms with Crippen molar-refractivity contribution in [3.05, 3.63) is 34.9 Å². The number of fused-ring (bicyclic) bond motifs is 1. The molecular weight excluding hydrogens is 419 g/mol. The highest BCUT2D eigenvalue weighted by atomic mass is 19.4. The summed E-state index contributed by atoms with van der Waals surface area (Å²) in [4.78, 5) is 2.24. The van der Waals surface area contributed by atoms with Crippen molar-refractivity contribution < 1.29 is 26.7 Å². The Kier molecular flexibility index (Phi) is 6.00. The molecule has 1 atom stereocenters. The standard InChI is InChI=1S/C21H23F5N4O/c1-30-9-3-4-13(11-30)27-19-15-6-2-5-14(15)18(28-29-19)16-8-7-12(21(24,25)26)10-17(16)31-20(22)23/h7-8,10,13,20H,2-6,9,11H2,1H3,(H,27,29)/t13-/m1/s1. The number of hydrogen-bond acceptors (Lipinski definition) is 5. The molecule has 5 nitrogen and oxygen atoms in total. The van der Waals surface area contributed by atoms with Gasteiger partial charge in [-0.05, 0) is 69.5 Å². The van der Waals surface area contributed by atoms with Gasteiger partial charge in [0.2, 0.25) is 0 Å². The Morgan fingerprint density at radius 1 is 1.13 bits per heavy atom. The summed E-state index contributed by atoms with van der Waals surface area (Å²) in [6.07, 6.45) is -0.369. The smallest absolute Gasteiger partial charge is 0.416 e. The van der Waals surface area contributed by atoms with E-state index in [9.17, 15) is 22.0 Å². The summed E-state index contributed by atoms with van der Waals surface area (Å²) >= 11 is 0. The van der Waals surface area contributed by atoms with Gasteiger partial charge in [0.15, 0.2) is 5.82 Å². The van der Waals surface area contributed by atoms with Gasteiger partial charge in [0.25, 0.3) is 0 Å². The number of anilines is 1. The Morgan fingerprint density at radius 3 is 2.61 bits per heavy atom. The maximum atomic E-state index is 13.1. The molecule has 0 unspecified atom stereocenters. The van der Waals surface area contributed by atoms with Crippen molar-refractivity contribution in [1.29, 1.82) is 0 Å². The van der Waals surface area contributed by atoms with Gasteiger partial charge in [-0.2, -0.15) is 22.0 Å². The second-order valence-corrected chi connectivity index (χ2v) is 8.04. The fraction of sp³-hybridized carbons (Fsp3) is 0.524. The monoisotopic (exact) mass is 442 g/mol. The first-order valence-electron chi connectivity index (χ1n) is 10.2. The Balaban J connectivity index is 1.71. The number of ether oxygens (including phenoxy) is 1. The van der Waals surface area contributed by atoms with E-state index in [2.05, 4.69) is 32.2 Å². The molecule has 0 saturated carbocycles. The molecule has 1 aliphatic carbocycles. The molecule has 31 heavy (non-hydrogen) atoms. The molecule has 2 aliphatic rings. The third-order valence-corrected chi connectivity index (χ3v) is 5.78. The number of likely N-dealkylation sites (N-methyl/N-ethyl adjacent to an activating group) is 1. The second kappa shape index (κ2) is 8.57. The molecule has 168 valence electrons. The van der Waals surface area contributed by atoms with Crippen molar-refractivity contribution >= 4 is 5.82 Å². The van der Waals surface area contributed by atoms with Crippen LogP contribution in [0.3, 0.4) is 0 Å². The zero-order valence-electron chi connectivity index (χ0n) is 17.0. The minimum Gasteiger partial charge on any atom is -0.434 e. The molecule has 0 amide bonds. The zero-order chi connectivity index (χ0) is 22.2. The summed E-state index contributed by atoms with van der Waals surface area (Å²) in [7, 11) is 2.06. The normalized spacial score (nSPS) is 19.5. The number of alkyl halides is 5. The highest BCUT2D eigenvalue weighted by molar-refractivity contribution is 5.74. The van der Waals surface area contributed by atoms with Gasteiger partial charge in [0.1, 0.15) is 11.4 Å².